The minimum absolute atomic E-state index is 0.0534. The van der Waals surface area contributed by atoms with Gasteiger partial charge >= 0.3 is 6.61 Å². The van der Waals surface area contributed by atoms with Crippen LogP contribution in [0, 0.1) is 0 Å². The number of nitrogens with zero attached hydrogens (tertiary/aromatic N) is 1. The number of alkyl halides is 2. The summed E-state index contributed by atoms with van der Waals surface area (Å²) in [5.41, 5.74) is 1.66. The maximum atomic E-state index is 12.4. The van der Waals surface area contributed by atoms with Crippen LogP contribution in [0.15, 0.2) is 54.6 Å². The monoisotopic (exact) mass is 335 g/mol. The van der Waals surface area contributed by atoms with E-state index < -0.39 is 6.61 Å². The molecule has 0 bridgehead atoms. The number of rotatable bonds is 8. The number of ether oxygens (including phenoxy) is 1. The first-order chi connectivity index (χ1) is 11.6. The summed E-state index contributed by atoms with van der Waals surface area (Å²) in [4.78, 5) is 14.0. The normalized spacial score (nSPS) is 10.7. The van der Waals surface area contributed by atoms with Crippen molar-refractivity contribution < 1.29 is 23.4 Å². The van der Waals surface area contributed by atoms with Gasteiger partial charge in [-0.3, -0.25) is 4.79 Å². The maximum Gasteiger partial charge on any atom is 0.387 e. The summed E-state index contributed by atoms with van der Waals surface area (Å²) in [6.45, 7) is -2.35. The summed E-state index contributed by atoms with van der Waals surface area (Å²) >= 11 is 0. The summed E-state index contributed by atoms with van der Waals surface area (Å²) in [5, 5.41) is 9.17. The van der Waals surface area contributed by atoms with Crippen LogP contribution < -0.4 is 4.74 Å². The van der Waals surface area contributed by atoms with E-state index in [1.165, 1.54) is 12.1 Å². The Morgan fingerprint density at radius 2 is 1.71 bits per heavy atom. The molecule has 0 aliphatic heterocycles. The van der Waals surface area contributed by atoms with Crippen LogP contribution in [0.2, 0.25) is 0 Å². The number of aliphatic hydroxyl groups is 1. The third-order valence-electron chi connectivity index (χ3n) is 3.44. The highest BCUT2D eigenvalue weighted by molar-refractivity contribution is 5.78. The molecule has 1 amide bonds. The van der Waals surface area contributed by atoms with E-state index >= 15 is 0 Å². The van der Waals surface area contributed by atoms with E-state index in [1.54, 1.807) is 17.0 Å². The van der Waals surface area contributed by atoms with Crippen molar-refractivity contribution in [3.63, 3.8) is 0 Å². The first-order valence-electron chi connectivity index (χ1n) is 7.55. The molecule has 128 valence electrons. The molecule has 2 aromatic rings. The van der Waals surface area contributed by atoms with Crippen LogP contribution in [0.5, 0.6) is 5.75 Å². The molecule has 0 aliphatic rings. The van der Waals surface area contributed by atoms with Crippen molar-refractivity contribution in [3.05, 3.63) is 65.7 Å². The van der Waals surface area contributed by atoms with Gasteiger partial charge in [0.05, 0.1) is 13.0 Å². The fourth-order valence-corrected chi connectivity index (χ4v) is 2.29. The Balaban J connectivity index is 1.99. The minimum atomic E-state index is -2.87. The molecule has 0 aliphatic carbocycles. The molecule has 0 atom stereocenters. The van der Waals surface area contributed by atoms with E-state index in [0.717, 1.165) is 5.56 Å². The summed E-state index contributed by atoms with van der Waals surface area (Å²) in [7, 11) is 0. The van der Waals surface area contributed by atoms with Crippen LogP contribution in [0.25, 0.3) is 0 Å². The Morgan fingerprint density at radius 3 is 2.29 bits per heavy atom. The number of hydrogen-bond donors (Lipinski definition) is 1. The lowest BCUT2D eigenvalue weighted by Gasteiger charge is -2.22. The number of aliphatic hydroxyl groups excluding tert-OH is 1. The van der Waals surface area contributed by atoms with Crippen LogP contribution in [0.1, 0.15) is 11.1 Å². The van der Waals surface area contributed by atoms with E-state index in [4.69, 9.17) is 5.11 Å². The Bertz CT molecular complexity index is 632. The summed E-state index contributed by atoms with van der Waals surface area (Å²) in [5.74, 6) is -0.0897. The molecule has 0 heterocycles. The lowest BCUT2D eigenvalue weighted by atomic mass is 10.1. The number of benzene rings is 2. The fraction of sp³-hybridized carbons (Fsp3) is 0.278. The topological polar surface area (TPSA) is 49.8 Å². The lowest BCUT2D eigenvalue weighted by molar-refractivity contribution is -0.131. The van der Waals surface area contributed by atoms with Crippen LogP contribution in [-0.2, 0) is 17.8 Å². The molecule has 24 heavy (non-hydrogen) atoms. The molecule has 0 radical (unpaired) electrons. The van der Waals surface area contributed by atoms with Crippen LogP contribution in [0.4, 0.5) is 8.78 Å². The lowest BCUT2D eigenvalue weighted by Crippen LogP contribution is -2.34. The van der Waals surface area contributed by atoms with Gasteiger partial charge in [0.25, 0.3) is 0 Å². The molecular formula is C18H19F2NO3. The number of amides is 1. The van der Waals surface area contributed by atoms with E-state index in [0.29, 0.717) is 12.1 Å². The Labute approximate surface area is 139 Å². The molecule has 2 aromatic carbocycles. The Morgan fingerprint density at radius 1 is 1.04 bits per heavy atom. The molecule has 0 unspecified atom stereocenters. The Kier molecular flexibility index (Phi) is 6.69. The average Bonchev–Trinajstić information content (AvgIpc) is 2.57. The average molecular weight is 335 g/mol. The molecule has 2 rings (SSSR count). The van der Waals surface area contributed by atoms with E-state index in [2.05, 4.69) is 4.74 Å². The molecule has 0 aromatic heterocycles. The standard InChI is InChI=1S/C18H19F2NO3/c19-18(20)24-16-8-6-14(7-9-16)12-17(23)21(10-11-22)13-15-4-2-1-3-5-15/h1-9,18,22H,10-13H2. The van der Waals surface area contributed by atoms with Gasteiger partial charge in [-0.1, -0.05) is 42.5 Å². The smallest absolute Gasteiger partial charge is 0.387 e. The summed E-state index contributed by atoms with van der Waals surface area (Å²) in [6.07, 6.45) is 0.127. The van der Waals surface area contributed by atoms with Crippen LogP contribution >= 0.6 is 0 Å². The first-order valence-corrected chi connectivity index (χ1v) is 7.55. The summed E-state index contributed by atoms with van der Waals surface area (Å²) in [6, 6.07) is 15.5. The van der Waals surface area contributed by atoms with Gasteiger partial charge in [-0.25, -0.2) is 0 Å². The van der Waals surface area contributed by atoms with Crippen molar-refractivity contribution >= 4 is 5.91 Å². The highest BCUT2D eigenvalue weighted by Gasteiger charge is 2.14. The maximum absolute atomic E-state index is 12.4. The van der Waals surface area contributed by atoms with E-state index in [9.17, 15) is 13.6 Å². The number of hydrogen-bond acceptors (Lipinski definition) is 3. The van der Waals surface area contributed by atoms with Gasteiger partial charge in [-0.2, -0.15) is 8.78 Å². The third-order valence-corrected chi connectivity index (χ3v) is 3.44. The second kappa shape index (κ2) is 8.98. The van der Waals surface area contributed by atoms with Crippen molar-refractivity contribution in [2.75, 3.05) is 13.2 Å². The van der Waals surface area contributed by atoms with Crippen molar-refractivity contribution in [1.29, 1.82) is 0 Å². The van der Waals surface area contributed by atoms with E-state index in [1.807, 2.05) is 30.3 Å². The van der Waals surface area contributed by atoms with Gasteiger partial charge in [0, 0.05) is 13.1 Å². The van der Waals surface area contributed by atoms with Gasteiger partial charge in [0.2, 0.25) is 5.91 Å². The molecule has 1 N–H and O–H groups in total. The first kappa shape index (κ1) is 17.9. The van der Waals surface area contributed by atoms with Crippen LogP contribution in [-0.4, -0.2) is 35.7 Å². The number of halogens is 2. The Hall–Kier alpha value is -2.47. The van der Waals surface area contributed by atoms with Gasteiger partial charge < -0.3 is 14.7 Å². The zero-order valence-electron chi connectivity index (χ0n) is 13.1. The molecule has 0 saturated carbocycles. The predicted molar refractivity (Wildman–Crippen MR) is 85.7 cm³/mol. The summed E-state index contributed by atoms with van der Waals surface area (Å²) < 4.78 is 28.5. The van der Waals surface area contributed by atoms with Gasteiger partial charge in [0.1, 0.15) is 5.75 Å². The van der Waals surface area contributed by atoms with Crippen molar-refractivity contribution in [1.82, 2.24) is 4.90 Å². The zero-order valence-corrected chi connectivity index (χ0v) is 13.1. The molecule has 0 saturated heterocycles. The number of carbonyl (C=O) groups is 1. The van der Waals surface area contributed by atoms with Crippen molar-refractivity contribution in [3.8, 4) is 5.75 Å². The quantitative estimate of drug-likeness (QED) is 0.807. The van der Waals surface area contributed by atoms with Crippen molar-refractivity contribution in [2.24, 2.45) is 0 Å². The van der Waals surface area contributed by atoms with Gasteiger partial charge in [0.15, 0.2) is 0 Å². The van der Waals surface area contributed by atoms with Gasteiger partial charge in [-0.05, 0) is 23.3 Å². The van der Waals surface area contributed by atoms with Crippen molar-refractivity contribution in [2.45, 2.75) is 19.6 Å². The third kappa shape index (κ3) is 5.62. The number of carbonyl (C=O) groups excluding carboxylic acids is 1. The van der Waals surface area contributed by atoms with E-state index in [-0.39, 0.29) is 31.2 Å². The second-order valence-corrected chi connectivity index (χ2v) is 5.22. The predicted octanol–water partition coefficient (Wildman–Crippen LogP) is 2.85. The SMILES string of the molecule is O=C(Cc1ccc(OC(F)F)cc1)N(CCO)Cc1ccccc1. The minimum Gasteiger partial charge on any atom is -0.435 e. The second-order valence-electron chi connectivity index (χ2n) is 5.22. The highest BCUT2D eigenvalue weighted by atomic mass is 19.3. The molecule has 4 nitrogen and oxygen atoms in total. The zero-order chi connectivity index (χ0) is 17.4. The fourth-order valence-electron chi connectivity index (χ4n) is 2.29. The largest absolute Gasteiger partial charge is 0.435 e. The molecule has 6 heteroatoms. The molecule has 0 spiro atoms. The van der Waals surface area contributed by atoms with Gasteiger partial charge in [-0.15, -0.1) is 0 Å². The molecular weight excluding hydrogens is 316 g/mol. The van der Waals surface area contributed by atoms with Crippen LogP contribution in [0.3, 0.4) is 0 Å². The highest BCUT2D eigenvalue weighted by Crippen LogP contribution is 2.16. The molecule has 0 fully saturated rings.